The highest BCUT2D eigenvalue weighted by Crippen LogP contribution is 2.17. The highest BCUT2D eigenvalue weighted by molar-refractivity contribution is 5.83. The lowest BCUT2D eigenvalue weighted by molar-refractivity contribution is -0.123. The first-order valence-electron chi connectivity index (χ1n) is 7.84. The molecule has 24 heavy (non-hydrogen) atoms. The normalized spacial score (nSPS) is 12.5. The molecule has 0 aliphatic rings. The van der Waals surface area contributed by atoms with Crippen LogP contribution < -0.4 is 5.32 Å². The second-order valence-electron chi connectivity index (χ2n) is 5.73. The first kappa shape index (κ1) is 14.4. The highest BCUT2D eigenvalue weighted by Gasteiger charge is 2.17. The number of rotatable bonds is 4. The Morgan fingerprint density at radius 1 is 1.17 bits per heavy atom. The number of hydrogen-bond acceptors (Lipinski definition) is 3. The van der Waals surface area contributed by atoms with Gasteiger partial charge in [0.2, 0.25) is 5.91 Å². The molecule has 0 aliphatic carbocycles. The molecule has 1 amide bonds. The van der Waals surface area contributed by atoms with Crippen LogP contribution >= 0.6 is 0 Å². The zero-order valence-electron chi connectivity index (χ0n) is 13.3. The molecule has 6 nitrogen and oxygen atoms in total. The predicted molar refractivity (Wildman–Crippen MR) is 91.5 cm³/mol. The summed E-state index contributed by atoms with van der Waals surface area (Å²) in [6, 6.07) is 13.3. The van der Waals surface area contributed by atoms with E-state index in [-0.39, 0.29) is 11.9 Å². The maximum Gasteiger partial charge on any atom is 0.243 e. The van der Waals surface area contributed by atoms with E-state index in [9.17, 15) is 4.79 Å². The smallest absolute Gasteiger partial charge is 0.243 e. The van der Waals surface area contributed by atoms with Crippen LogP contribution in [0.4, 0.5) is 0 Å². The molecule has 0 saturated carbocycles. The zero-order valence-corrected chi connectivity index (χ0v) is 13.3. The quantitative estimate of drug-likeness (QED) is 0.629. The Balaban J connectivity index is 1.51. The van der Waals surface area contributed by atoms with Crippen LogP contribution in [0, 0.1) is 0 Å². The summed E-state index contributed by atoms with van der Waals surface area (Å²) in [5.74, 6) is -0.0477. The number of carbonyl (C=O) groups is 1. The maximum atomic E-state index is 12.5. The van der Waals surface area contributed by atoms with E-state index in [4.69, 9.17) is 0 Å². The van der Waals surface area contributed by atoms with E-state index in [0.29, 0.717) is 6.54 Å². The Hall–Kier alpha value is -3.15. The van der Waals surface area contributed by atoms with E-state index in [1.165, 1.54) is 0 Å². The predicted octanol–water partition coefficient (Wildman–Crippen LogP) is 2.56. The molecule has 0 aliphatic heterocycles. The van der Waals surface area contributed by atoms with E-state index in [2.05, 4.69) is 15.4 Å². The van der Waals surface area contributed by atoms with E-state index in [1.54, 1.807) is 17.0 Å². The molecular weight excluding hydrogens is 302 g/mol. The number of benzene rings is 1. The summed E-state index contributed by atoms with van der Waals surface area (Å²) in [7, 11) is 0. The van der Waals surface area contributed by atoms with Crippen LogP contribution in [0.15, 0.2) is 61.2 Å². The third kappa shape index (κ3) is 2.42. The SMILES string of the molecule is CC(C(=O)NCc1cnn2ccccc12)n1cnc2ccccc21. The van der Waals surface area contributed by atoms with Crippen LogP contribution in [0.2, 0.25) is 0 Å². The summed E-state index contributed by atoms with van der Waals surface area (Å²) in [4.78, 5) is 16.9. The van der Waals surface area contributed by atoms with Gasteiger partial charge in [-0.1, -0.05) is 18.2 Å². The van der Waals surface area contributed by atoms with Crippen molar-refractivity contribution < 1.29 is 4.79 Å². The average molecular weight is 319 g/mol. The van der Waals surface area contributed by atoms with Crippen molar-refractivity contribution in [2.24, 2.45) is 0 Å². The fraction of sp³-hybridized carbons (Fsp3) is 0.167. The molecule has 4 rings (SSSR count). The first-order chi connectivity index (χ1) is 11.7. The summed E-state index contributed by atoms with van der Waals surface area (Å²) in [6.07, 6.45) is 5.39. The van der Waals surface area contributed by atoms with E-state index < -0.39 is 0 Å². The van der Waals surface area contributed by atoms with E-state index >= 15 is 0 Å². The molecule has 1 unspecified atom stereocenters. The van der Waals surface area contributed by atoms with Gasteiger partial charge < -0.3 is 9.88 Å². The number of hydrogen-bond donors (Lipinski definition) is 1. The number of fused-ring (bicyclic) bond motifs is 2. The fourth-order valence-corrected chi connectivity index (χ4v) is 2.87. The summed E-state index contributed by atoms with van der Waals surface area (Å²) in [6.45, 7) is 2.32. The molecule has 3 heterocycles. The minimum absolute atomic E-state index is 0.0477. The van der Waals surface area contributed by atoms with Crippen molar-refractivity contribution in [2.75, 3.05) is 0 Å². The van der Waals surface area contributed by atoms with Gasteiger partial charge in [0.05, 0.1) is 29.1 Å². The van der Waals surface area contributed by atoms with Gasteiger partial charge in [-0.05, 0) is 31.2 Å². The molecule has 6 heteroatoms. The first-order valence-corrected chi connectivity index (χ1v) is 7.84. The number of aromatic nitrogens is 4. The van der Waals surface area contributed by atoms with Gasteiger partial charge in [0.25, 0.3) is 0 Å². The Labute approximate surface area is 138 Å². The lowest BCUT2D eigenvalue weighted by Gasteiger charge is -2.14. The number of nitrogens with one attached hydrogen (secondary N) is 1. The number of carbonyl (C=O) groups excluding carboxylic acids is 1. The summed E-state index contributed by atoms with van der Waals surface area (Å²) in [5, 5.41) is 7.27. The Morgan fingerprint density at radius 2 is 1.96 bits per heavy atom. The lowest BCUT2D eigenvalue weighted by atomic mass is 10.2. The molecule has 0 saturated heterocycles. The summed E-state index contributed by atoms with van der Waals surface area (Å²) in [5.41, 5.74) is 3.83. The van der Waals surface area contributed by atoms with Crippen molar-refractivity contribution in [3.63, 3.8) is 0 Å². The molecule has 0 spiro atoms. The van der Waals surface area contributed by atoms with Gasteiger partial charge in [0, 0.05) is 18.3 Å². The van der Waals surface area contributed by atoms with Crippen LogP contribution in [-0.4, -0.2) is 25.1 Å². The fourth-order valence-electron chi connectivity index (χ4n) is 2.87. The van der Waals surface area contributed by atoms with Crippen molar-refractivity contribution in [1.29, 1.82) is 0 Å². The second-order valence-corrected chi connectivity index (χ2v) is 5.73. The molecule has 3 aromatic heterocycles. The topological polar surface area (TPSA) is 64.2 Å². The number of amides is 1. The monoisotopic (exact) mass is 319 g/mol. The van der Waals surface area contributed by atoms with Gasteiger partial charge in [-0.3, -0.25) is 4.79 Å². The van der Waals surface area contributed by atoms with Crippen molar-refractivity contribution >= 4 is 22.5 Å². The summed E-state index contributed by atoms with van der Waals surface area (Å²) < 4.78 is 3.69. The highest BCUT2D eigenvalue weighted by atomic mass is 16.2. The Kier molecular flexibility index (Phi) is 3.49. The third-order valence-electron chi connectivity index (χ3n) is 4.24. The minimum atomic E-state index is -0.334. The molecule has 0 radical (unpaired) electrons. The van der Waals surface area contributed by atoms with Crippen molar-refractivity contribution in [1.82, 2.24) is 24.5 Å². The summed E-state index contributed by atoms with van der Waals surface area (Å²) >= 11 is 0. The molecular formula is C18H17N5O. The molecule has 120 valence electrons. The van der Waals surface area contributed by atoms with Gasteiger partial charge >= 0.3 is 0 Å². The van der Waals surface area contributed by atoms with Crippen LogP contribution in [0.5, 0.6) is 0 Å². The zero-order chi connectivity index (χ0) is 16.5. The van der Waals surface area contributed by atoms with Crippen LogP contribution in [0.3, 0.4) is 0 Å². The number of pyridine rings is 1. The molecule has 4 aromatic rings. The average Bonchev–Trinajstić information content (AvgIpc) is 3.23. The van der Waals surface area contributed by atoms with Gasteiger partial charge in [-0.2, -0.15) is 5.10 Å². The Bertz CT molecular complexity index is 1020. The minimum Gasteiger partial charge on any atom is -0.350 e. The van der Waals surface area contributed by atoms with E-state index in [1.807, 2.05) is 60.2 Å². The molecule has 0 bridgehead atoms. The van der Waals surface area contributed by atoms with Gasteiger partial charge in [0.1, 0.15) is 6.04 Å². The van der Waals surface area contributed by atoms with E-state index in [0.717, 1.165) is 22.1 Å². The second kappa shape index (κ2) is 5.81. The molecule has 1 aromatic carbocycles. The number of imidazole rings is 1. The molecule has 1 atom stereocenters. The van der Waals surface area contributed by atoms with Gasteiger partial charge in [-0.15, -0.1) is 0 Å². The largest absolute Gasteiger partial charge is 0.350 e. The van der Waals surface area contributed by atoms with Crippen molar-refractivity contribution in [3.05, 3.63) is 66.7 Å². The van der Waals surface area contributed by atoms with Gasteiger partial charge in [-0.25, -0.2) is 9.50 Å². The molecule has 0 fully saturated rings. The van der Waals surface area contributed by atoms with Crippen molar-refractivity contribution in [2.45, 2.75) is 19.5 Å². The lowest BCUT2D eigenvalue weighted by Crippen LogP contribution is -2.30. The van der Waals surface area contributed by atoms with Gasteiger partial charge in [0.15, 0.2) is 0 Å². The third-order valence-corrected chi connectivity index (χ3v) is 4.24. The van der Waals surface area contributed by atoms with Crippen LogP contribution in [-0.2, 0) is 11.3 Å². The van der Waals surface area contributed by atoms with Crippen LogP contribution in [0.25, 0.3) is 16.6 Å². The standard InChI is InChI=1S/C18H17N5O/c1-13(22-12-20-15-6-2-3-8-17(15)22)18(24)19-10-14-11-21-23-9-5-4-7-16(14)23/h2-9,11-13H,10H2,1H3,(H,19,24). The molecule has 1 N–H and O–H groups in total. The van der Waals surface area contributed by atoms with Crippen LogP contribution in [0.1, 0.15) is 18.5 Å². The number of para-hydroxylation sites is 2. The Morgan fingerprint density at radius 3 is 2.88 bits per heavy atom. The maximum absolute atomic E-state index is 12.5. The number of nitrogens with zero attached hydrogens (tertiary/aromatic N) is 4. The van der Waals surface area contributed by atoms with Crippen molar-refractivity contribution in [3.8, 4) is 0 Å².